The molecule has 1 amide bonds. The summed E-state index contributed by atoms with van der Waals surface area (Å²) in [6.07, 6.45) is 0. The number of amides is 1. The van der Waals surface area contributed by atoms with Crippen LogP contribution in [-0.2, 0) is 6.61 Å². The highest BCUT2D eigenvalue weighted by atomic mass is 16.5. The molecule has 0 unspecified atom stereocenters. The van der Waals surface area contributed by atoms with Gasteiger partial charge < -0.3 is 20.3 Å². The second-order valence-corrected chi connectivity index (χ2v) is 6.25. The predicted molar refractivity (Wildman–Crippen MR) is 105 cm³/mol. The number of nitrogens with one attached hydrogen (secondary N) is 1. The number of carboxylic acids is 1. The van der Waals surface area contributed by atoms with Crippen molar-refractivity contribution in [1.82, 2.24) is 0 Å². The lowest BCUT2D eigenvalue weighted by atomic mass is 10.1. The van der Waals surface area contributed by atoms with Gasteiger partial charge in [0.1, 0.15) is 23.7 Å². The van der Waals surface area contributed by atoms with Gasteiger partial charge in [-0.3, -0.25) is 4.79 Å². The Kier molecular flexibility index (Phi) is 5.60. The smallest absolute Gasteiger partial charge is 0.339 e. The van der Waals surface area contributed by atoms with Gasteiger partial charge in [-0.2, -0.15) is 0 Å². The molecule has 0 aliphatic rings. The lowest BCUT2D eigenvalue weighted by molar-refractivity contribution is 0.0693. The molecule has 0 aliphatic heterocycles. The van der Waals surface area contributed by atoms with Gasteiger partial charge >= 0.3 is 5.97 Å². The largest absolute Gasteiger partial charge is 0.507 e. The number of hydrogen-bond acceptors (Lipinski definition) is 4. The van der Waals surface area contributed by atoms with Crippen LogP contribution in [0.25, 0.3) is 0 Å². The fourth-order valence-electron chi connectivity index (χ4n) is 2.66. The number of aromatic carboxylic acids is 1. The summed E-state index contributed by atoms with van der Waals surface area (Å²) in [6.45, 7) is 1.99. The summed E-state index contributed by atoms with van der Waals surface area (Å²) in [5.41, 5.74) is 1.83. The van der Waals surface area contributed by atoms with Crippen LogP contribution in [0.15, 0.2) is 66.7 Å². The monoisotopic (exact) mass is 377 g/mol. The maximum Gasteiger partial charge on any atom is 0.339 e. The van der Waals surface area contributed by atoms with Crippen LogP contribution in [0.2, 0.25) is 0 Å². The van der Waals surface area contributed by atoms with Crippen molar-refractivity contribution in [3.8, 4) is 11.5 Å². The molecule has 0 saturated carbocycles. The van der Waals surface area contributed by atoms with Gasteiger partial charge in [0.15, 0.2) is 0 Å². The van der Waals surface area contributed by atoms with Gasteiger partial charge in [0.2, 0.25) is 0 Å². The number of aryl methyl sites for hydroxylation is 1. The van der Waals surface area contributed by atoms with Gasteiger partial charge in [-0.25, -0.2) is 4.79 Å². The number of carbonyl (C=O) groups excluding carboxylic acids is 1. The highest BCUT2D eigenvalue weighted by Gasteiger charge is 2.15. The van der Waals surface area contributed by atoms with Crippen LogP contribution in [0, 0.1) is 6.92 Å². The predicted octanol–water partition coefficient (Wildman–Crippen LogP) is 4.23. The number of rotatable bonds is 6. The SMILES string of the molecule is Cc1cc(NC(=O)c2ccc(OCc3ccccc3)cc2)cc(C(=O)O)c1O. The Morgan fingerprint density at radius 1 is 1.00 bits per heavy atom. The number of benzene rings is 3. The van der Waals surface area contributed by atoms with Crippen molar-refractivity contribution < 1.29 is 24.5 Å². The van der Waals surface area contributed by atoms with Crippen molar-refractivity contribution in [2.45, 2.75) is 13.5 Å². The summed E-state index contributed by atoms with van der Waals surface area (Å²) >= 11 is 0. The standard InChI is InChI=1S/C22H19NO5/c1-14-11-17(12-19(20(14)24)22(26)27)23-21(25)16-7-9-18(10-8-16)28-13-15-5-3-2-4-6-15/h2-12,24H,13H2,1H3,(H,23,25)(H,26,27). The third-order valence-electron chi connectivity index (χ3n) is 4.15. The minimum absolute atomic E-state index is 0.264. The molecule has 0 aromatic heterocycles. The average molecular weight is 377 g/mol. The molecule has 0 radical (unpaired) electrons. The second-order valence-electron chi connectivity index (χ2n) is 6.25. The lowest BCUT2D eigenvalue weighted by Crippen LogP contribution is -2.12. The summed E-state index contributed by atoms with van der Waals surface area (Å²) in [5, 5.41) is 21.6. The number of hydrogen-bond donors (Lipinski definition) is 3. The molecular weight excluding hydrogens is 358 g/mol. The van der Waals surface area contributed by atoms with Crippen LogP contribution >= 0.6 is 0 Å². The fourth-order valence-corrected chi connectivity index (χ4v) is 2.66. The minimum atomic E-state index is -1.27. The van der Waals surface area contributed by atoms with Crippen molar-refractivity contribution in [3.63, 3.8) is 0 Å². The minimum Gasteiger partial charge on any atom is -0.507 e. The molecule has 142 valence electrons. The van der Waals surface area contributed by atoms with Crippen LogP contribution in [0.1, 0.15) is 31.8 Å². The van der Waals surface area contributed by atoms with E-state index in [0.29, 0.717) is 29.2 Å². The van der Waals surface area contributed by atoms with E-state index in [-0.39, 0.29) is 11.3 Å². The number of carbonyl (C=O) groups is 2. The zero-order valence-electron chi connectivity index (χ0n) is 15.2. The van der Waals surface area contributed by atoms with Crippen LogP contribution in [-0.4, -0.2) is 22.1 Å². The molecular formula is C22H19NO5. The lowest BCUT2D eigenvalue weighted by Gasteiger charge is -2.10. The average Bonchev–Trinajstić information content (AvgIpc) is 2.70. The quantitative estimate of drug-likeness (QED) is 0.559. The Hall–Kier alpha value is -3.80. The zero-order chi connectivity index (χ0) is 20.1. The molecule has 0 heterocycles. The third kappa shape index (κ3) is 4.48. The van der Waals surface area contributed by atoms with E-state index in [1.54, 1.807) is 31.2 Å². The van der Waals surface area contributed by atoms with Gasteiger partial charge in [0, 0.05) is 11.3 Å². The van der Waals surface area contributed by atoms with Crippen molar-refractivity contribution in [1.29, 1.82) is 0 Å². The Balaban J connectivity index is 1.67. The Morgan fingerprint density at radius 3 is 2.32 bits per heavy atom. The normalized spacial score (nSPS) is 10.3. The number of carboxylic acid groups (broad SMARTS) is 1. The van der Waals surface area contributed by atoms with Crippen LogP contribution in [0.3, 0.4) is 0 Å². The molecule has 0 bridgehead atoms. The van der Waals surface area contributed by atoms with E-state index in [9.17, 15) is 14.7 Å². The van der Waals surface area contributed by atoms with Gasteiger partial charge in [-0.05, 0) is 54.4 Å². The molecule has 0 spiro atoms. The molecule has 28 heavy (non-hydrogen) atoms. The van der Waals surface area contributed by atoms with Crippen LogP contribution in [0.5, 0.6) is 11.5 Å². The van der Waals surface area contributed by atoms with Crippen molar-refractivity contribution >= 4 is 17.6 Å². The van der Waals surface area contributed by atoms with E-state index in [1.807, 2.05) is 30.3 Å². The highest BCUT2D eigenvalue weighted by molar-refractivity contribution is 6.05. The van der Waals surface area contributed by atoms with E-state index >= 15 is 0 Å². The summed E-state index contributed by atoms with van der Waals surface area (Å²) in [4.78, 5) is 23.6. The van der Waals surface area contributed by atoms with Crippen molar-refractivity contribution in [2.75, 3.05) is 5.32 Å². The fraction of sp³-hybridized carbons (Fsp3) is 0.0909. The van der Waals surface area contributed by atoms with Gasteiger partial charge in [-0.1, -0.05) is 30.3 Å². The molecule has 3 aromatic carbocycles. The summed E-state index contributed by atoms with van der Waals surface area (Å²) in [6, 6.07) is 19.1. The van der Waals surface area contributed by atoms with E-state index < -0.39 is 11.9 Å². The number of aromatic hydroxyl groups is 1. The van der Waals surface area contributed by atoms with E-state index in [2.05, 4.69) is 5.32 Å². The molecule has 3 N–H and O–H groups in total. The van der Waals surface area contributed by atoms with Crippen LogP contribution in [0.4, 0.5) is 5.69 Å². The van der Waals surface area contributed by atoms with Crippen molar-refractivity contribution in [2.24, 2.45) is 0 Å². The Labute approximate surface area is 162 Å². The first-order chi connectivity index (χ1) is 13.4. The number of phenols is 1. The molecule has 3 aromatic rings. The van der Waals surface area contributed by atoms with E-state index in [0.717, 1.165) is 5.56 Å². The summed E-state index contributed by atoms with van der Waals surface area (Å²) in [5.74, 6) is -1.34. The Morgan fingerprint density at radius 2 is 1.68 bits per heavy atom. The Bertz CT molecular complexity index is 997. The first kappa shape index (κ1) is 19.0. The summed E-state index contributed by atoms with van der Waals surface area (Å²) < 4.78 is 5.69. The topological polar surface area (TPSA) is 95.9 Å². The number of ether oxygens (including phenoxy) is 1. The number of anilines is 1. The highest BCUT2D eigenvalue weighted by Crippen LogP contribution is 2.27. The van der Waals surface area contributed by atoms with Crippen molar-refractivity contribution in [3.05, 3.63) is 89.0 Å². The third-order valence-corrected chi connectivity index (χ3v) is 4.15. The van der Waals surface area contributed by atoms with E-state index in [4.69, 9.17) is 9.84 Å². The zero-order valence-corrected chi connectivity index (χ0v) is 15.2. The van der Waals surface area contributed by atoms with Crippen LogP contribution < -0.4 is 10.1 Å². The maximum absolute atomic E-state index is 12.4. The molecule has 6 nitrogen and oxygen atoms in total. The second kappa shape index (κ2) is 8.26. The molecule has 3 rings (SSSR count). The van der Waals surface area contributed by atoms with Gasteiger partial charge in [0.25, 0.3) is 5.91 Å². The maximum atomic E-state index is 12.4. The first-order valence-electron chi connectivity index (χ1n) is 8.59. The first-order valence-corrected chi connectivity index (χ1v) is 8.59. The molecule has 6 heteroatoms. The van der Waals surface area contributed by atoms with Gasteiger partial charge in [-0.15, -0.1) is 0 Å². The summed E-state index contributed by atoms with van der Waals surface area (Å²) in [7, 11) is 0. The molecule has 0 atom stereocenters. The molecule has 0 saturated heterocycles. The molecule has 0 fully saturated rings. The molecule has 0 aliphatic carbocycles. The van der Waals surface area contributed by atoms with E-state index in [1.165, 1.54) is 12.1 Å². The van der Waals surface area contributed by atoms with Gasteiger partial charge in [0.05, 0.1) is 0 Å².